The number of nitrogens with one attached hydrogen (secondary N) is 1. The highest BCUT2D eigenvalue weighted by Gasteiger charge is 2.19. The number of primary amides is 1. The molecule has 0 atom stereocenters. The van der Waals surface area contributed by atoms with Gasteiger partial charge in [-0.3, -0.25) is 4.79 Å². The lowest BCUT2D eigenvalue weighted by atomic mass is 10.1. The fraction of sp³-hybridized carbons (Fsp3) is 0.389. The van der Waals surface area contributed by atoms with E-state index in [4.69, 9.17) is 11.5 Å². The molecule has 0 aliphatic carbocycles. The van der Waals surface area contributed by atoms with Gasteiger partial charge in [0.25, 0.3) is 5.91 Å². The van der Waals surface area contributed by atoms with E-state index in [1.165, 1.54) is 0 Å². The van der Waals surface area contributed by atoms with Crippen molar-refractivity contribution in [1.82, 2.24) is 9.97 Å². The number of anilines is 3. The van der Waals surface area contributed by atoms with Gasteiger partial charge in [0.2, 0.25) is 0 Å². The molecule has 2 rings (SSSR count). The molecule has 0 radical (unpaired) electrons. The minimum atomic E-state index is -0.616. The Balaban J connectivity index is 2.45. The summed E-state index contributed by atoms with van der Waals surface area (Å²) in [6, 6.07) is 8.06. The topological polar surface area (TPSA) is 110 Å². The molecule has 0 fully saturated rings. The Labute approximate surface area is 148 Å². The minimum absolute atomic E-state index is 0.127. The van der Waals surface area contributed by atoms with Crippen molar-refractivity contribution in [3.8, 4) is 0 Å². The van der Waals surface area contributed by atoms with Crippen molar-refractivity contribution in [2.45, 2.75) is 33.2 Å². The van der Waals surface area contributed by atoms with Gasteiger partial charge in [-0.25, -0.2) is 9.97 Å². The summed E-state index contributed by atoms with van der Waals surface area (Å²) in [5.41, 5.74) is 13.8. The Bertz CT molecular complexity index is 759. The second-order valence-electron chi connectivity index (χ2n) is 6.26. The normalized spacial score (nSPS) is 10.8. The molecule has 0 aliphatic heterocycles. The lowest BCUT2D eigenvalue weighted by Gasteiger charge is -2.25. The number of nitrogens with two attached hydrogens (primary N) is 2. The van der Waals surface area contributed by atoms with Gasteiger partial charge in [0.15, 0.2) is 17.3 Å². The molecule has 5 N–H and O–H groups in total. The second-order valence-corrected chi connectivity index (χ2v) is 6.26. The molecule has 0 spiro atoms. The molecule has 134 valence electrons. The molecule has 7 heteroatoms. The monoisotopic (exact) mass is 342 g/mol. The van der Waals surface area contributed by atoms with E-state index >= 15 is 0 Å². The zero-order valence-electron chi connectivity index (χ0n) is 15.2. The summed E-state index contributed by atoms with van der Waals surface area (Å²) in [4.78, 5) is 22.8. The molecular formula is C18H26N6O. The molecule has 1 aromatic carbocycles. The van der Waals surface area contributed by atoms with Crippen molar-refractivity contribution in [3.63, 3.8) is 0 Å². The second kappa shape index (κ2) is 7.94. The summed E-state index contributed by atoms with van der Waals surface area (Å²) < 4.78 is 0. The molecule has 1 aromatic heterocycles. The van der Waals surface area contributed by atoms with E-state index < -0.39 is 5.91 Å². The lowest BCUT2D eigenvalue weighted by molar-refractivity contribution is 0.0996. The largest absolute Gasteiger partial charge is 0.364 e. The van der Waals surface area contributed by atoms with Crippen LogP contribution in [-0.4, -0.2) is 35.5 Å². The molecule has 0 unspecified atom stereocenters. The molecule has 1 amide bonds. The number of carbonyl (C=O) groups excluding carboxylic acids is 1. The predicted octanol–water partition coefficient (Wildman–Crippen LogP) is 1.97. The van der Waals surface area contributed by atoms with Crippen molar-refractivity contribution >= 4 is 23.2 Å². The van der Waals surface area contributed by atoms with Crippen LogP contribution in [0.25, 0.3) is 0 Å². The maximum Gasteiger partial charge on any atom is 0.271 e. The van der Waals surface area contributed by atoms with Crippen LogP contribution in [0.5, 0.6) is 0 Å². The first kappa shape index (κ1) is 18.7. The van der Waals surface area contributed by atoms with Gasteiger partial charge in [-0.1, -0.05) is 12.1 Å². The SMILES string of the molecule is Cc1nc(C(N)=O)c(Nc2cccc(CCN)c2)nc1N(C)C(C)C. The van der Waals surface area contributed by atoms with Crippen LogP contribution in [-0.2, 0) is 6.42 Å². The van der Waals surface area contributed by atoms with E-state index in [-0.39, 0.29) is 11.7 Å². The van der Waals surface area contributed by atoms with E-state index in [0.717, 1.165) is 17.7 Å². The van der Waals surface area contributed by atoms with Gasteiger partial charge >= 0.3 is 0 Å². The molecule has 7 nitrogen and oxygen atoms in total. The Morgan fingerprint density at radius 1 is 1.32 bits per heavy atom. The Morgan fingerprint density at radius 2 is 2.04 bits per heavy atom. The third-order valence-corrected chi connectivity index (χ3v) is 4.01. The fourth-order valence-electron chi connectivity index (χ4n) is 2.46. The van der Waals surface area contributed by atoms with Crippen molar-refractivity contribution in [2.24, 2.45) is 11.5 Å². The van der Waals surface area contributed by atoms with Crippen LogP contribution in [0, 0.1) is 6.92 Å². The number of hydrogen-bond donors (Lipinski definition) is 3. The number of aryl methyl sites for hydroxylation is 1. The molecule has 25 heavy (non-hydrogen) atoms. The van der Waals surface area contributed by atoms with Gasteiger partial charge in [-0.2, -0.15) is 0 Å². The van der Waals surface area contributed by atoms with Crippen LogP contribution in [0.15, 0.2) is 24.3 Å². The van der Waals surface area contributed by atoms with Gasteiger partial charge in [0.1, 0.15) is 0 Å². The van der Waals surface area contributed by atoms with E-state index in [0.29, 0.717) is 23.9 Å². The minimum Gasteiger partial charge on any atom is -0.364 e. The summed E-state index contributed by atoms with van der Waals surface area (Å²) in [5, 5.41) is 3.17. The Kier molecular flexibility index (Phi) is 5.93. The summed E-state index contributed by atoms with van der Waals surface area (Å²) in [6.07, 6.45) is 0.777. The van der Waals surface area contributed by atoms with Crippen molar-refractivity contribution < 1.29 is 4.79 Å². The number of benzene rings is 1. The van der Waals surface area contributed by atoms with Crippen molar-refractivity contribution in [3.05, 3.63) is 41.2 Å². The molecule has 0 aliphatic rings. The van der Waals surface area contributed by atoms with Gasteiger partial charge < -0.3 is 21.7 Å². The molecular weight excluding hydrogens is 316 g/mol. The average Bonchev–Trinajstić information content (AvgIpc) is 2.56. The third-order valence-electron chi connectivity index (χ3n) is 4.01. The zero-order chi connectivity index (χ0) is 18.6. The first-order valence-corrected chi connectivity index (χ1v) is 8.30. The Hall–Kier alpha value is -2.67. The highest BCUT2D eigenvalue weighted by Crippen LogP contribution is 2.24. The van der Waals surface area contributed by atoms with Crippen LogP contribution < -0.4 is 21.7 Å². The summed E-state index contributed by atoms with van der Waals surface area (Å²) in [7, 11) is 1.94. The van der Waals surface area contributed by atoms with Crippen molar-refractivity contribution in [1.29, 1.82) is 0 Å². The third kappa shape index (κ3) is 4.45. The van der Waals surface area contributed by atoms with Gasteiger partial charge in [-0.15, -0.1) is 0 Å². The summed E-state index contributed by atoms with van der Waals surface area (Å²) in [5.74, 6) is 0.445. The van der Waals surface area contributed by atoms with Gasteiger partial charge in [0.05, 0.1) is 5.69 Å². The van der Waals surface area contributed by atoms with Crippen molar-refractivity contribution in [2.75, 3.05) is 23.8 Å². The first-order chi connectivity index (χ1) is 11.8. The molecule has 0 saturated heterocycles. The molecule has 0 bridgehead atoms. The van der Waals surface area contributed by atoms with Gasteiger partial charge in [0, 0.05) is 18.8 Å². The standard InChI is InChI=1S/C18H26N6O/c1-11(2)24(4)18-12(3)21-15(16(20)25)17(23-18)22-14-7-5-6-13(10-14)8-9-19/h5-7,10-11H,8-9,19H2,1-4H3,(H2,20,25)(H,22,23). The fourth-order valence-corrected chi connectivity index (χ4v) is 2.46. The number of carbonyl (C=O) groups is 1. The van der Waals surface area contributed by atoms with Crippen LogP contribution in [0.2, 0.25) is 0 Å². The number of hydrogen-bond acceptors (Lipinski definition) is 6. The maximum atomic E-state index is 11.8. The van der Waals surface area contributed by atoms with E-state index in [1.807, 2.05) is 43.1 Å². The highest BCUT2D eigenvalue weighted by atomic mass is 16.1. The zero-order valence-corrected chi connectivity index (χ0v) is 15.2. The maximum absolute atomic E-state index is 11.8. The summed E-state index contributed by atoms with van der Waals surface area (Å²) >= 11 is 0. The number of amides is 1. The smallest absolute Gasteiger partial charge is 0.271 e. The van der Waals surface area contributed by atoms with Crippen LogP contribution in [0.3, 0.4) is 0 Å². The Morgan fingerprint density at radius 3 is 2.64 bits per heavy atom. The van der Waals surface area contributed by atoms with Gasteiger partial charge in [-0.05, 0) is 51.4 Å². The molecule has 0 saturated carbocycles. The van der Waals surface area contributed by atoms with Crippen LogP contribution in [0.1, 0.15) is 35.6 Å². The van der Waals surface area contributed by atoms with E-state index in [1.54, 1.807) is 0 Å². The van der Waals surface area contributed by atoms with E-state index in [2.05, 4.69) is 29.1 Å². The molecule has 1 heterocycles. The summed E-state index contributed by atoms with van der Waals surface area (Å²) in [6.45, 7) is 6.52. The average molecular weight is 342 g/mol. The van der Waals surface area contributed by atoms with Crippen LogP contribution in [0.4, 0.5) is 17.3 Å². The quantitative estimate of drug-likeness (QED) is 0.709. The van der Waals surface area contributed by atoms with Crippen LogP contribution >= 0.6 is 0 Å². The predicted molar refractivity (Wildman–Crippen MR) is 101 cm³/mol. The lowest BCUT2D eigenvalue weighted by Crippen LogP contribution is -2.29. The molecule has 2 aromatic rings. The first-order valence-electron chi connectivity index (χ1n) is 8.30. The highest BCUT2D eigenvalue weighted by molar-refractivity contribution is 5.96. The number of nitrogens with zero attached hydrogens (tertiary/aromatic N) is 3. The number of rotatable bonds is 7. The van der Waals surface area contributed by atoms with E-state index in [9.17, 15) is 4.79 Å². The number of aromatic nitrogens is 2.